The Kier molecular flexibility index (Phi) is 5.94. The number of hydrogen-bond donors (Lipinski definition) is 1. The van der Waals surface area contributed by atoms with Crippen LogP contribution in [0, 0.1) is 11.7 Å². The minimum absolute atomic E-state index is 0.212. The third-order valence-electron chi connectivity index (χ3n) is 4.68. The standard InChI is InChI=1S/C21H24FN3/c22-18-11-5-4-10-17(18)15-25-21(16-8-2-1-3-9-16)14-19(23)20-12-6-7-13-24-20/h4-7,10-14,16H,1-3,8-9,15,23H2. The second-order valence-corrected chi connectivity index (χ2v) is 6.48. The largest absolute Gasteiger partial charge is 0.397 e. The van der Waals surface area contributed by atoms with Crippen LogP contribution in [0.1, 0.15) is 43.4 Å². The van der Waals surface area contributed by atoms with E-state index in [-0.39, 0.29) is 5.82 Å². The number of allylic oxidation sites excluding steroid dienone is 1. The van der Waals surface area contributed by atoms with Gasteiger partial charge in [0.25, 0.3) is 0 Å². The third-order valence-corrected chi connectivity index (χ3v) is 4.68. The first kappa shape index (κ1) is 17.3. The Morgan fingerprint density at radius 1 is 1.12 bits per heavy atom. The zero-order chi connectivity index (χ0) is 17.5. The van der Waals surface area contributed by atoms with Gasteiger partial charge in [-0.1, -0.05) is 43.5 Å². The predicted octanol–water partition coefficient (Wildman–Crippen LogP) is 4.74. The quantitative estimate of drug-likeness (QED) is 0.801. The molecule has 1 heterocycles. The highest BCUT2D eigenvalue weighted by atomic mass is 19.1. The highest BCUT2D eigenvalue weighted by molar-refractivity contribution is 6.01. The van der Waals surface area contributed by atoms with Crippen LogP contribution in [0.5, 0.6) is 0 Å². The number of benzene rings is 1. The van der Waals surface area contributed by atoms with Gasteiger partial charge in [0, 0.05) is 23.4 Å². The van der Waals surface area contributed by atoms with Gasteiger partial charge in [0.1, 0.15) is 5.82 Å². The summed E-state index contributed by atoms with van der Waals surface area (Å²) in [7, 11) is 0. The summed E-state index contributed by atoms with van der Waals surface area (Å²) in [6.45, 7) is 0.338. The molecule has 0 aliphatic heterocycles. The van der Waals surface area contributed by atoms with Crippen LogP contribution in [0.15, 0.2) is 59.7 Å². The molecule has 25 heavy (non-hydrogen) atoms. The molecule has 1 saturated carbocycles. The fraction of sp³-hybridized carbons (Fsp3) is 0.333. The molecule has 0 unspecified atom stereocenters. The van der Waals surface area contributed by atoms with E-state index < -0.39 is 0 Å². The van der Waals surface area contributed by atoms with Crippen LogP contribution in [-0.2, 0) is 6.54 Å². The molecule has 0 amide bonds. The van der Waals surface area contributed by atoms with Crippen LogP contribution < -0.4 is 5.73 Å². The van der Waals surface area contributed by atoms with Crippen molar-refractivity contribution < 1.29 is 4.39 Å². The minimum atomic E-state index is -0.212. The average Bonchev–Trinajstić information content (AvgIpc) is 2.67. The molecule has 0 radical (unpaired) electrons. The van der Waals surface area contributed by atoms with Crippen LogP contribution in [0.25, 0.3) is 5.70 Å². The number of hydrogen-bond acceptors (Lipinski definition) is 3. The predicted molar refractivity (Wildman–Crippen MR) is 101 cm³/mol. The van der Waals surface area contributed by atoms with Crippen molar-refractivity contribution in [3.8, 4) is 0 Å². The molecule has 0 saturated heterocycles. The normalized spacial score (nSPS) is 16.8. The minimum Gasteiger partial charge on any atom is -0.397 e. The van der Waals surface area contributed by atoms with E-state index >= 15 is 0 Å². The molecule has 1 aromatic heterocycles. The van der Waals surface area contributed by atoms with E-state index in [0.29, 0.717) is 23.7 Å². The highest BCUT2D eigenvalue weighted by Crippen LogP contribution is 2.26. The van der Waals surface area contributed by atoms with Gasteiger partial charge in [-0.2, -0.15) is 0 Å². The van der Waals surface area contributed by atoms with Gasteiger partial charge in [-0.15, -0.1) is 0 Å². The molecular formula is C21H24FN3. The zero-order valence-electron chi connectivity index (χ0n) is 14.4. The van der Waals surface area contributed by atoms with Crippen molar-refractivity contribution in [2.45, 2.75) is 38.6 Å². The summed E-state index contributed by atoms with van der Waals surface area (Å²) in [4.78, 5) is 9.04. The van der Waals surface area contributed by atoms with E-state index in [9.17, 15) is 4.39 Å². The van der Waals surface area contributed by atoms with E-state index in [1.165, 1.54) is 25.3 Å². The molecule has 0 bridgehead atoms. The SMILES string of the molecule is NC(=CC(=NCc1ccccc1F)C1CCCCC1)c1ccccn1. The Morgan fingerprint density at radius 3 is 2.60 bits per heavy atom. The van der Waals surface area contributed by atoms with Gasteiger partial charge < -0.3 is 5.73 Å². The van der Waals surface area contributed by atoms with Gasteiger partial charge in [0.2, 0.25) is 0 Å². The maximum Gasteiger partial charge on any atom is 0.128 e. The second-order valence-electron chi connectivity index (χ2n) is 6.48. The van der Waals surface area contributed by atoms with Gasteiger partial charge in [0.05, 0.1) is 17.9 Å². The Morgan fingerprint density at radius 2 is 1.88 bits per heavy atom. The van der Waals surface area contributed by atoms with Crippen molar-refractivity contribution in [1.29, 1.82) is 0 Å². The first-order valence-electron chi connectivity index (χ1n) is 8.90. The van der Waals surface area contributed by atoms with Crippen LogP contribution in [-0.4, -0.2) is 10.7 Å². The molecule has 1 fully saturated rings. The number of rotatable bonds is 5. The van der Waals surface area contributed by atoms with Crippen molar-refractivity contribution in [1.82, 2.24) is 4.98 Å². The molecule has 1 aliphatic carbocycles. The summed E-state index contributed by atoms with van der Waals surface area (Å²) in [5.41, 5.74) is 9.18. The maximum atomic E-state index is 13.9. The van der Waals surface area contributed by atoms with Gasteiger partial charge in [-0.3, -0.25) is 9.98 Å². The van der Waals surface area contributed by atoms with Crippen molar-refractivity contribution in [2.75, 3.05) is 0 Å². The summed E-state index contributed by atoms with van der Waals surface area (Å²) in [6, 6.07) is 12.5. The molecule has 130 valence electrons. The Hall–Kier alpha value is -2.49. The topological polar surface area (TPSA) is 51.3 Å². The Balaban J connectivity index is 1.87. The number of halogens is 1. The summed E-state index contributed by atoms with van der Waals surface area (Å²) in [6.07, 6.45) is 9.58. The molecular weight excluding hydrogens is 313 g/mol. The van der Waals surface area contributed by atoms with Crippen LogP contribution in [0.2, 0.25) is 0 Å². The smallest absolute Gasteiger partial charge is 0.128 e. The summed E-state index contributed by atoms with van der Waals surface area (Å²) in [5, 5.41) is 0. The first-order valence-corrected chi connectivity index (χ1v) is 8.90. The molecule has 2 N–H and O–H groups in total. The monoisotopic (exact) mass is 337 g/mol. The van der Waals surface area contributed by atoms with E-state index in [4.69, 9.17) is 10.7 Å². The molecule has 3 nitrogen and oxygen atoms in total. The van der Waals surface area contributed by atoms with Crippen LogP contribution in [0.4, 0.5) is 4.39 Å². The average molecular weight is 337 g/mol. The number of aliphatic imine (C=N–C) groups is 1. The molecule has 1 aliphatic rings. The lowest BCUT2D eigenvalue weighted by Gasteiger charge is -2.22. The molecule has 0 atom stereocenters. The van der Waals surface area contributed by atoms with Crippen molar-refractivity contribution in [2.24, 2.45) is 16.6 Å². The fourth-order valence-corrected chi connectivity index (χ4v) is 3.26. The van der Waals surface area contributed by atoms with E-state index in [2.05, 4.69) is 4.98 Å². The number of nitrogens with zero attached hydrogens (tertiary/aromatic N) is 2. The zero-order valence-corrected chi connectivity index (χ0v) is 14.4. The highest BCUT2D eigenvalue weighted by Gasteiger charge is 2.18. The Bertz CT molecular complexity index is 747. The Labute approximate surface area is 148 Å². The molecule has 2 aromatic rings. The molecule has 1 aromatic carbocycles. The van der Waals surface area contributed by atoms with Crippen molar-refractivity contribution in [3.05, 3.63) is 71.8 Å². The number of nitrogens with two attached hydrogens (primary N) is 1. The maximum absolute atomic E-state index is 13.9. The van der Waals surface area contributed by atoms with Gasteiger partial charge >= 0.3 is 0 Å². The van der Waals surface area contributed by atoms with Gasteiger partial charge in [-0.25, -0.2) is 4.39 Å². The summed E-state index contributed by atoms with van der Waals surface area (Å²) in [5.74, 6) is 0.179. The van der Waals surface area contributed by atoms with E-state index in [1.54, 1.807) is 18.3 Å². The van der Waals surface area contributed by atoms with Crippen LogP contribution in [0.3, 0.4) is 0 Å². The number of aromatic nitrogens is 1. The lowest BCUT2D eigenvalue weighted by atomic mass is 9.85. The summed E-state index contributed by atoms with van der Waals surface area (Å²) < 4.78 is 13.9. The van der Waals surface area contributed by atoms with E-state index in [0.717, 1.165) is 24.2 Å². The second kappa shape index (κ2) is 8.56. The van der Waals surface area contributed by atoms with Crippen molar-refractivity contribution in [3.63, 3.8) is 0 Å². The van der Waals surface area contributed by atoms with Gasteiger partial charge in [-0.05, 0) is 37.1 Å². The lowest BCUT2D eigenvalue weighted by molar-refractivity contribution is 0.439. The molecule has 3 rings (SSSR count). The van der Waals surface area contributed by atoms with E-state index in [1.807, 2.05) is 30.3 Å². The van der Waals surface area contributed by atoms with Gasteiger partial charge in [0.15, 0.2) is 0 Å². The first-order chi connectivity index (χ1) is 12.2. The summed E-state index contributed by atoms with van der Waals surface area (Å²) >= 11 is 0. The number of pyridine rings is 1. The lowest BCUT2D eigenvalue weighted by Crippen LogP contribution is -2.18. The molecule has 0 spiro atoms. The fourth-order valence-electron chi connectivity index (χ4n) is 3.26. The third kappa shape index (κ3) is 4.75. The van der Waals surface area contributed by atoms with Crippen molar-refractivity contribution >= 4 is 11.4 Å². The molecule has 4 heteroatoms. The van der Waals surface area contributed by atoms with Crippen LogP contribution >= 0.6 is 0 Å².